The van der Waals surface area contributed by atoms with E-state index in [-0.39, 0.29) is 18.3 Å². The van der Waals surface area contributed by atoms with E-state index >= 15 is 0 Å². The molecule has 0 saturated heterocycles. The van der Waals surface area contributed by atoms with Gasteiger partial charge in [-0.1, -0.05) is 12.1 Å². The summed E-state index contributed by atoms with van der Waals surface area (Å²) in [4.78, 5) is 21.0. The van der Waals surface area contributed by atoms with Crippen molar-refractivity contribution in [3.05, 3.63) is 82.8 Å². The maximum absolute atomic E-state index is 12.3. The average molecular weight is 450 g/mol. The minimum Gasteiger partial charge on any atom is -0.493 e. The largest absolute Gasteiger partial charge is 0.493 e. The Morgan fingerprint density at radius 1 is 1.09 bits per heavy atom. The molecular weight excluding hydrogens is 426 g/mol. The first-order valence-corrected chi connectivity index (χ1v) is 11.1. The van der Waals surface area contributed by atoms with Crippen LogP contribution in [0, 0.1) is 0 Å². The molecule has 0 saturated carbocycles. The Morgan fingerprint density at radius 3 is 2.72 bits per heavy atom. The van der Waals surface area contributed by atoms with Crippen LogP contribution in [0.3, 0.4) is 0 Å². The molecule has 0 aliphatic rings. The summed E-state index contributed by atoms with van der Waals surface area (Å²) in [6, 6.07) is 14.6. The minimum atomic E-state index is -0.245. The molecule has 32 heavy (non-hydrogen) atoms. The highest BCUT2D eigenvalue weighted by Crippen LogP contribution is 2.27. The van der Waals surface area contributed by atoms with Gasteiger partial charge in [-0.3, -0.25) is 9.78 Å². The summed E-state index contributed by atoms with van der Waals surface area (Å²) in [5, 5.41) is 5.97. The highest BCUT2D eigenvalue weighted by atomic mass is 32.1. The van der Waals surface area contributed by atoms with Crippen LogP contribution in [0.4, 0.5) is 0 Å². The van der Waals surface area contributed by atoms with E-state index in [2.05, 4.69) is 15.3 Å². The molecular formula is C24H23N3O4S. The number of para-hydroxylation sites is 2. The smallest absolute Gasteiger partial charge is 0.286 e. The summed E-state index contributed by atoms with van der Waals surface area (Å²) in [6.45, 7) is 0.744. The van der Waals surface area contributed by atoms with Crippen molar-refractivity contribution in [2.75, 3.05) is 13.7 Å². The van der Waals surface area contributed by atoms with Crippen molar-refractivity contribution in [2.45, 2.75) is 19.4 Å². The van der Waals surface area contributed by atoms with Crippen LogP contribution in [0.5, 0.6) is 11.5 Å². The molecule has 1 amide bonds. The summed E-state index contributed by atoms with van der Waals surface area (Å²) in [5.41, 5.74) is 2.01. The van der Waals surface area contributed by atoms with Gasteiger partial charge in [-0.25, -0.2) is 4.98 Å². The van der Waals surface area contributed by atoms with Crippen LogP contribution in [0.1, 0.15) is 27.7 Å². The molecule has 0 unspecified atom stereocenters. The van der Waals surface area contributed by atoms with Gasteiger partial charge in [0.2, 0.25) is 0 Å². The van der Waals surface area contributed by atoms with Gasteiger partial charge in [-0.15, -0.1) is 11.3 Å². The lowest BCUT2D eigenvalue weighted by atomic mass is 10.2. The summed E-state index contributed by atoms with van der Waals surface area (Å²) in [7, 11) is 1.59. The number of benzene rings is 1. The molecule has 1 aromatic carbocycles. The van der Waals surface area contributed by atoms with E-state index < -0.39 is 0 Å². The van der Waals surface area contributed by atoms with Crippen LogP contribution in [0.15, 0.2) is 70.7 Å². The molecule has 3 aromatic heterocycles. The fraction of sp³-hybridized carbons (Fsp3) is 0.208. The van der Waals surface area contributed by atoms with E-state index in [0.717, 1.165) is 29.1 Å². The third-order valence-corrected chi connectivity index (χ3v) is 5.61. The third-order valence-electron chi connectivity index (χ3n) is 4.71. The Morgan fingerprint density at radius 2 is 1.91 bits per heavy atom. The fourth-order valence-corrected chi connectivity index (χ4v) is 3.92. The number of aromatic nitrogens is 2. The Hall–Kier alpha value is -3.65. The van der Waals surface area contributed by atoms with Crippen LogP contribution in [0.25, 0.3) is 11.3 Å². The van der Waals surface area contributed by atoms with Crippen molar-refractivity contribution in [3.8, 4) is 22.8 Å². The second kappa shape index (κ2) is 10.6. The first-order chi connectivity index (χ1) is 15.7. The first kappa shape index (κ1) is 21.6. The molecule has 0 aliphatic carbocycles. The molecule has 0 bridgehead atoms. The fourth-order valence-electron chi connectivity index (χ4n) is 3.07. The molecule has 0 radical (unpaired) electrons. The van der Waals surface area contributed by atoms with Crippen LogP contribution in [-0.2, 0) is 13.0 Å². The number of hydrogen-bond donors (Lipinski definition) is 1. The number of rotatable bonds is 10. The Labute approximate surface area is 190 Å². The van der Waals surface area contributed by atoms with E-state index in [1.54, 1.807) is 43.0 Å². The molecule has 7 nitrogen and oxygen atoms in total. The van der Waals surface area contributed by atoms with Crippen molar-refractivity contribution in [1.82, 2.24) is 15.3 Å². The molecule has 4 rings (SSSR count). The predicted octanol–water partition coefficient (Wildman–Crippen LogP) is 4.75. The number of nitrogens with one attached hydrogen (secondary N) is 1. The zero-order chi connectivity index (χ0) is 22.2. The average Bonchev–Trinajstić information content (AvgIpc) is 3.51. The maximum Gasteiger partial charge on any atom is 0.286 e. The van der Waals surface area contributed by atoms with Gasteiger partial charge in [0.05, 0.1) is 17.8 Å². The molecule has 4 aromatic rings. The van der Waals surface area contributed by atoms with Gasteiger partial charge < -0.3 is 19.2 Å². The van der Waals surface area contributed by atoms with Crippen LogP contribution < -0.4 is 14.8 Å². The Bertz CT molecular complexity index is 1160. The summed E-state index contributed by atoms with van der Waals surface area (Å²) in [6.07, 6.45) is 5.11. The van der Waals surface area contributed by atoms with Gasteiger partial charge in [0.25, 0.3) is 5.91 Å². The number of furan rings is 1. The van der Waals surface area contributed by atoms with Gasteiger partial charge in [0, 0.05) is 36.3 Å². The highest BCUT2D eigenvalue weighted by molar-refractivity contribution is 7.09. The van der Waals surface area contributed by atoms with Gasteiger partial charge in [-0.2, -0.15) is 0 Å². The Balaban J connectivity index is 1.21. The van der Waals surface area contributed by atoms with Crippen LogP contribution in [-0.4, -0.2) is 29.5 Å². The lowest BCUT2D eigenvalue weighted by Gasteiger charge is -2.08. The number of ether oxygens (including phenoxy) is 2. The lowest BCUT2D eigenvalue weighted by molar-refractivity contribution is 0.0921. The maximum atomic E-state index is 12.3. The van der Waals surface area contributed by atoms with E-state index in [1.807, 2.05) is 41.8 Å². The number of aryl methyl sites for hydroxylation is 1. The predicted molar refractivity (Wildman–Crippen MR) is 122 cm³/mol. The monoisotopic (exact) mass is 449 g/mol. The number of pyridine rings is 1. The van der Waals surface area contributed by atoms with Crippen molar-refractivity contribution in [2.24, 2.45) is 0 Å². The number of carbonyl (C=O) groups excluding carboxylic acids is 1. The molecule has 0 fully saturated rings. The van der Waals surface area contributed by atoms with E-state index in [0.29, 0.717) is 23.8 Å². The normalized spacial score (nSPS) is 10.7. The topological polar surface area (TPSA) is 86.5 Å². The van der Waals surface area contributed by atoms with Crippen LogP contribution in [0.2, 0.25) is 0 Å². The highest BCUT2D eigenvalue weighted by Gasteiger charge is 2.12. The van der Waals surface area contributed by atoms with E-state index in [1.165, 1.54) is 0 Å². The summed E-state index contributed by atoms with van der Waals surface area (Å²) in [5.74, 6) is 1.84. The van der Waals surface area contributed by atoms with Crippen molar-refractivity contribution in [1.29, 1.82) is 0 Å². The number of hydrogen-bond acceptors (Lipinski definition) is 7. The SMILES string of the molecule is COc1ccccc1OCc1ccc(C(=O)NCCCc2nc(-c3ccncc3)cs2)o1. The zero-order valence-corrected chi connectivity index (χ0v) is 18.4. The lowest BCUT2D eigenvalue weighted by Crippen LogP contribution is -2.24. The van der Waals surface area contributed by atoms with Crippen molar-refractivity contribution < 1.29 is 18.7 Å². The molecule has 0 spiro atoms. The number of carbonyl (C=O) groups is 1. The molecule has 0 atom stereocenters. The molecule has 8 heteroatoms. The molecule has 3 heterocycles. The van der Waals surface area contributed by atoms with Crippen LogP contribution >= 0.6 is 11.3 Å². The quantitative estimate of drug-likeness (QED) is 0.352. The second-order valence-corrected chi connectivity index (χ2v) is 7.87. The van der Waals surface area contributed by atoms with Gasteiger partial charge >= 0.3 is 0 Å². The minimum absolute atomic E-state index is 0.206. The number of methoxy groups -OCH3 is 1. The summed E-state index contributed by atoms with van der Waals surface area (Å²) < 4.78 is 16.6. The van der Waals surface area contributed by atoms with Crippen molar-refractivity contribution in [3.63, 3.8) is 0 Å². The molecule has 0 aliphatic heterocycles. The van der Waals surface area contributed by atoms with Gasteiger partial charge in [0.15, 0.2) is 17.3 Å². The zero-order valence-electron chi connectivity index (χ0n) is 17.6. The third kappa shape index (κ3) is 5.53. The van der Waals surface area contributed by atoms with Gasteiger partial charge in [0.1, 0.15) is 12.4 Å². The molecule has 164 valence electrons. The number of amides is 1. The van der Waals surface area contributed by atoms with E-state index in [4.69, 9.17) is 13.9 Å². The number of nitrogens with zero attached hydrogens (tertiary/aromatic N) is 2. The van der Waals surface area contributed by atoms with E-state index in [9.17, 15) is 4.79 Å². The van der Waals surface area contributed by atoms with Gasteiger partial charge in [-0.05, 0) is 42.8 Å². The molecule has 1 N–H and O–H groups in total. The van der Waals surface area contributed by atoms with Crippen molar-refractivity contribution >= 4 is 17.2 Å². The summed E-state index contributed by atoms with van der Waals surface area (Å²) >= 11 is 1.62. The second-order valence-electron chi connectivity index (χ2n) is 6.93. The standard InChI is InChI=1S/C24H23N3O4S/c1-29-20-5-2-3-6-21(20)30-15-18-8-9-22(31-18)24(28)26-12-4-7-23-27-19(16-32-23)17-10-13-25-14-11-17/h2-3,5-6,8-11,13-14,16H,4,7,12,15H2,1H3,(H,26,28). The number of thiazole rings is 1. The first-order valence-electron chi connectivity index (χ1n) is 10.2. The Kier molecular flexibility index (Phi) is 7.14.